The summed E-state index contributed by atoms with van der Waals surface area (Å²) in [5.41, 5.74) is 5.81. The standard InChI is InChI=1S/C47H49ClFN7O6S2/c1-6-8-20-56(43(58)36-13-10-9-12-28(36)3)47-53-51-42(64-47)33-21-29(4)40(30(5)22-33)61-26-35(57)27-62-45(60)34-24-54(25-34)23-31-16-18-32(19-17-31)41-50-52-46(63-41)55(7-2)44(59)37-14-11-15-38(48)39(37)49/h9-19,21-22,34-35,57H,6-8,20,23-27H2,1-5H3. The maximum absolute atomic E-state index is 14.6. The zero-order valence-corrected chi connectivity index (χ0v) is 38.6. The number of aryl methyl sites for hydroxylation is 3. The second-order valence-electron chi connectivity index (χ2n) is 15.7. The lowest BCUT2D eigenvalue weighted by molar-refractivity contribution is -0.158. The van der Waals surface area contributed by atoms with E-state index in [0.717, 1.165) is 46.2 Å². The Morgan fingerprint density at radius 3 is 2.09 bits per heavy atom. The van der Waals surface area contributed by atoms with Gasteiger partial charge < -0.3 is 14.6 Å². The van der Waals surface area contributed by atoms with Crippen LogP contribution in [0.15, 0.2) is 78.9 Å². The van der Waals surface area contributed by atoms with E-state index in [1.807, 2.05) is 81.4 Å². The molecule has 1 fully saturated rings. The third kappa shape index (κ3) is 10.6. The molecule has 0 saturated carbocycles. The molecule has 13 nitrogen and oxygen atoms in total. The monoisotopic (exact) mass is 925 g/mol. The minimum absolute atomic E-state index is 0.0617. The highest BCUT2D eigenvalue weighted by Crippen LogP contribution is 2.35. The Bertz CT molecular complexity index is 2600. The van der Waals surface area contributed by atoms with E-state index in [2.05, 4.69) is 32.2 Å². The third-order valence-corrected chi connectivity index (χ3v) is 13.1. The van der Waals surface area contributed by atoms with E-state index in [1.165, 1.54) is 45.8 Å². The average molecular weight is 927 g/mol. The number of aromatic nitrogens is 4. The van der Waals surface area contributed by atoms with Crippen molar-refractivity contribution in [3.05, 3.63) is 123 Å². The number of likely N-dealkylation sites (tertiary alicyclic amines) is 1. The molecule has 1 saturated heterocycles. The summed E-state index contributed by atoms with van der Waals surface area (Å²) in [6, 6.07) is 23.6. The van der Waals surface area contributed by atoms with Crippen molar-refractivity contribution in [2.75, 3.05) is 49.2 Å². The number of ether oxygens (including phenoxy) is 2. The number of anilines is 2. The van der Waals surface area contributed by atoms with Gasteiger partial charge in [-0.25, -0.2) is 4.39 Å². The van der Waals surface area contributed by atoms with E-state index < -0.39 is 17.8 Å². The topological polar surface area (TPSA) is 151 Å². The predicted molar refractivity (Wildman–Crippen MR) is 248 cm³/mol. The lowest BCUT2D eigenvalue weighted by Crippen LogP contribution is -2.50. The Hall–Kier alpha value is -5.65. The van der Waals surface area contributed by atoms with Crippen LogP contribution >= 0.6 is 34.3 Å². The molecule has 1 unspecified atom stereocenters. The largest absolute Gasteiger partial charge is 0.490 e. The molecule has 0 aliphatic carbocycles. The zero-order chi connectivity index (χ0) is 45.5. The highest BCUT2D eigenvalue weighted by Gasteiger charge is 2.34. The molecule has 6 aromatic rings. The lowest BCUT2D eigenvalue weighted by Gasteiger charge is -2.37. The molecule has 0 bridgehead atoms. The fourth-order valence-electron chi connectivity index (χ4n) is 7.31. The molecule has 64 heavy (non-hydrogen) atoms. The van der Waals surface area contributed by atoms with Gasteiger partial charge in [0.2, 0.25) is 10.3 Å². The van der Waals surface area contributed by atoms with Crippen molar-refractivity contribution in [3.8, 4) is 26.9 Å². The van der Waals surface area contributed by atoms with Crippen LogP contribution in [0.1, 0.15) is 69.7 Å². The second kappa shape index (κ2) is 20.9. The van der Waals surface area contributed by atoms with Crippen LogP contribution in [0.2, 0.25) is 5.02 Å². The fourth-order valence-corrected chi connectivity index (χ4v) is 9.25. The van der Waals surface area contributed by atoms with E-state index in [1.54, 1.807) is 11.8 Å². The summed E-state index contributed by atoms with van der Waals surface area (Å²) in [6.45, 7) is 11.9. The molecular formula is C47H49ClFN7O6S2. The van der Waals surface area contributed by atoms with Crippen molar-refractivity contribution in [1.82, 2.24) is 25.3 Å². The minimum Gasteiger partial charge on any atom is -0.490 e. The molecule has 334 valence electrons. The number of carbonyl (C=O) groups is 3. The van der Waals surface area contributed by atoms with Gasteiger partial charge in [-0.05, 0) is 86.7 Å². The number of nitrogens with zero attached hydrogens (tertiary/aromatic N) is 7. The van der Waals surface area contributed by atoms with E-state index in [9.17, 15) is 23.9 Å². The molecule has 3 heterocycles. The zero-order valence-electron chi connectivity index (χ0n) is 36.2. The molecule has 1 N–H and O–H groups in total. The maximum atomic E-state index is 14.6. The third-order valence-electron chi connectivity index (χ3n) is 10.8. The first-order valence-electron chi connectivity index (χ1n) is 21.1. The van der Waals surface area contributed by atoms with Crippen LogP contribution in [0.3, 0.4) is 0 Å². The van der Waals surface area contributed by atoms with Crippen molar-refractivity contribution < 1.29 is 33.4 Å². The van der Waals surface area contributed by atoms with Crippen molar-refractivity contribution in [2.45, 2.75) is 60.1 Å². The Kier molecular flexibility index (Phi) is 15.1. The van der Waals surface area contributed by atoms with Gasteiger partial charge in [-0.1, -0.05) is 96.2 Å². The average Bonchev–Trinajstić information content (AvgIpc) is 3.97. The smallest absolute Gasteiger partial charge is 0.311 e. The van der Waals surface area contributed by atoms with Crippen molar-refractivity contribution >= 4 is 62.3 Å². The van der Waals surface area contributed by atoms with Crippen molar-refractivity contribution in [1.29, 1.82) is 0 Å². The first-order chi connectivity index (χ1) is 30.8. The number of halogens is 2. The normalized spacial score (nSPS) is 13.3. The Labute approximate surface area is 384 Å². The van der Waals surface area contributed by atoms with Crippen molar-refractivity contribution in [2.24, 2.45) is 5.92 Å². The first-order valence-corrected chi connectivity index (χ1v) is 23.1. The summed E-state index contributed by atoms with van der Waals surface area (Å²) in [6.07, 6.45) is 0.741. The molecular weight excluding hydrogens is 877 g/mol. The van der Waals surface area contributed by atoms with Gasteiger partial charge in [0.25, 0.3) is 11.8 Å². The highest BCUT2D eigenvalue weighted by atomic mass is 35.5. The number of aliphatic hydroxyl groups is 1. The van der Waals surface area contributed by atoms with Gasteiger partial charge in [0.1, 0.15) is 35.1 Å². The van der Waals surface area contributed by atoms with Gasteiger partial charge in [-0.2, -0.15) is 0 Å². The summed E-state index contributed by atoms with van der Waals surface area (Å²) in [7, 11) is 0. The number of hydrogen-bond acceptors (Lipinski definition) is 13. The fraction of sp³-hybridized carbons (Fsp3) is 0.340. The van der Waals surface area contributed by atoms with Crippen LogP contribution in [0.5, 0.6) is 5.75 Å². The SMILES string of the molecule is CCCCN(C(=O)c1ccccc1C)c1nnc(-c2cc(C)c(OCC(O)COC(=O)C3CN(Cc4ccc(-c5nnc(N(CC)C(=O)c6cccc(Cl)c6F)s5)cc4)C3)c(C)c2)s1. The minimum atomic E-state index is -1.02. The molecule has 2 aromatic heterocycles. The number of esters is 1. The number of carbonyl (C=O) groups excluding carboxylic acids is 3. The van der Waals surface area contributed by atoms with Crippen LogP contribution in [0, 0.1) is 32.5 Å². The van der Waals surface area contributed by atoms with Gasteiger partial charge in [0.05, 0.1) is 16.5 Å². The molecule has 17 heteroatoms. The molecule has 0 radical (unpaired) electrons. The predicted octanol–water partition coefficient (Wildman–Crippen LogP) is 8.97. The Morgan fingerprint density at radius 2 is 1.44 bits per heavy atom. The molecule has 7 rings (SSSR count). The number of benzene rings is 4. The van der Waals surface area contributed by atoms with E-state index in [0.29, 0.717) is 57.8 Å². The summed E-state index contributed by atoms with van der Waals surface area (Å²) >= 11 is 8.49. The Morgan fingerprint density at radius 1 is 0.812 bits per heavy atom. The maximum Gasteiger partial charge on any atom is 0.311 e. The van der Waals surface area contributed by atoms with Crippen LogP contribution < -0.4 is 14.5 Å². The van der Waals surface area contributed by atoms with Crippen molar-refractivity contribution in [3.63, 3.8) is 0 Å². The van der Waals surface area contributed by atoms with Gasteiger partial charge in [0, 0.05) is 49.4 Å². The summed E-state index contributed by atoms with van der Waals surface area (Å²) in [5, 5.41) is 30.1. The highest BCUT2D eigenvalue weighted by molar-refractivity contribution is 7.19. The number of hydrogen-bond donors (Lipinski definition) is 1. The second-order valence-corrected chi connectivity index (χ2v) is 18.0. The number of rotatable bonds is 18. The summed E-state index contributed by atoms with van der Waals surface area (Å²) < 4.78 is 26.1. The summed E-state index contributed by atoms with van der Waals surface area (Å²) in [5.74, 6) is -1.46. The molecule has 1 atom stereocenters. The van der Waals surface area contributed by atoms with Crippen LogP contribution in [-0.2, 0) is 16.1 Å². The van der Waals surface area contributed by atoms with Gasteiger partial charge in [-0.3, -0.25) is 29.1 Å². The quantitative estimate of drug-likeness (QED) is 0.0823. The van der Waals surface area contributed by atoms with E-state index >= 15 is 0 Å². The van der Waals surface area contributed by atoms with E-state index in [-0.39, 0.29) is 48.1 Å². The van der Waals surface area contributed by atoms with Crippen LogP contribution in [-0.4, -0.2) is 93.7 Å². The summed E-state index contributed by atoms with van der Waals surface area (Å²) in [4.78, 5) is 44.8. The number of aliphatic hydroxyl groups excluding tert-OH is 1. The van der Waals surface area contributed by atoms with Gasteiger partial charge >= 0.3 is 5.97 Å². The first kappa shape index (κ1) is 46.3. The van der Waals surface area contributed by atoms with Crippen LogP contribution in [0.25, 0.3) is 21.1 Å². The lowest BCUT2D eigenvalue weighted by atomic mass is 9.99. The van der Waals surface area contributed by atoms with Gasteiger partial charge in [0.15, 0.2) is 5.82 Å². The number of amides is 2. The molecule has 2 amide bonds. The molecule has 1 aliphatic heterocycles. The van der Waals surface area contributed by atoms with E-state index in [4.69, 9.17) is 21.1 Å². The molecule has 1 aliphatic rings. The van der Waals surface area contributed by atoms with Crippen LogP contribution in [0.4, 0.5) is 14.7 Å². The Balaban J connectivity index is 0.856. The number of unbranched alkanes of at least 4 members (excludes halogenated alkanes) is 1. The molecule has 4 aromatic carbocycles. The molecule has 0 spiro atoms. The van der Waals surface area contributed by atoms with Gasteiger partial charge in [-0.15, -0.1) is 20.4 Å².